The van der Waals surface area contributed by atoms with Crippen LogP contribution >= 0.6 is 0 Å². The standard InChI is InChI=1S/C15H22N2O3/c1-3-4-6-11(2)17-15(20)16-10-12-7-5-8-13(9-12)14(18)19/h5,7-9,11H,3-4,6,10H2,1-2H3,(H,18,19)(H2,16,17,20). The molecular formula is C15H22N2O3. The summed E-state index contributed by atoms with van der Waals surface area (Å²) in [5.41, 5.74) is 0.988. The molecule has 0 fully saturated rings. The number of amides is 2. The first-order valence-corrected chi connectivity index (χ1v) is 6.89. The quantitative estimate of drug-likeness (QED) is 0.717. The number of aromatic carboxylic acids is 1. The van der Waals surface area contributed by atoms with Gasteiger partial charge in [-0.2, -0.15) is 0 Å². The molecular weight excluding hydrogens is 256 g/mol. The van der Waals surface area contributed by atoms with Crippen molar-refractivity contribution in [1.29, 1.82) is 0 Å². The second-order valence-corrected chi connectivity index (χ2v) is 4.88. The summed E-state index contributed by atoms with van der Waals surface area (Å²) in [5.74, 6) is -0.968. The molecule has 0 saturated heterocycles. The molecule has 5 heteroatoms. The Balaban J connectivity index is 2.41. The van der Waals surface area contributed by atoms with Crippen LogP contribution in [0.15, 0.2) is 24.3 Å². The first-order chi connectivity index (χ1) is 9.52. The second kappa shape index (κ2) is 8.19. The summed E-state index contributed by atoms with van der Waals surface area (Å²) in [5, 5.41) is 14.5. The van der Waals surface area contributed by atoms with E-state index in [9.17, 15) is 9.59 Å². The largest absolute Gasteiger partial charge is 0.478 e. The van der Waals surface area contributed by atoms with Crippen LogP contribution in [-0.2, 0) is 6.54 Å². The molecule has 1 unspecified atom stereocenters. The van der Waals surface area contributed by atoms with E-state index in [2.05, 4.69) is 17.6 Å². The number of carboxylic acids is 1. The second-order valence-electron chi connectivity index (χ2n) is 4.88. The smallest absolute Gasteiger partial charge is 0.335 e. The van der Waals surface area contributed by atoms with Crippen molar-refractivity contribution < 1.29 is 14.7 Å². The molecule has 0 aliphatic carbocycles. The van der Waals surface area contributed by atoms with E-state index in [1.165, 1.54) is 6.07 Å². The summed E-state index contributed by atoms with van der Waals surface area (Å²) in [6.07, 6.45) is 3.15. The molecule has 20 heavy (non-hydrogen) atoms. The Labute approximate surface area is 119 Å². The van der Waals surface area contributed by atoms with Crippen LogP contribution in [0.4, 0.5) is 4.79 Å². The fourth-order valence-electron chi connectivity index (χ4n) is 1.85. The zero-order valence-corrected chi connectivity index (χ0v) is 12.0. The lowest BCUT2D eigenvalue weighted by molar-refractivity contribution is 0.0696. The number of nitrogens with one attached hydrogen (secondary N) is 2. The van der Waals surface area contributed by atoms with Gasteiger partial charge in [-0.25, -0.2) is 9.59 Å². The molecule has 0 aromatic heterocycles. The van der Waals surface area contributed by atoms with Gasteiger partial charge in [-0.05, 0) is 31.0 Å². The van der Waals surface area contributed by atoms with Crippen molar-refractivity contribution in [3.8, 4) is 0 Å². The van der Waals surface area contributed by atoms with Gasteiger partial charge in [-0.1, -0.05) is 31.9 Å². The number of hydrogen-bond donors (Lipinski definition) is 3. The number of carbonyl (C=O) groups excluding carboxylic acids is 1. The van der Waals surface area contributed by atoms with Crippen LogP contribution in [0, 0.1) is 0 Å². The van der Waals surface area contributed by atoms with Crippen molar-refractivity contribution in [3.05, 3.63) is 35.4 Å². The lowest BCUT2D eigenvalue weighted by Gasteiger charge is -2.14. The van der Waals surface area contributed by atoms with Gasteiger partial charge in [0.15, 0.2) is 0 Å². The van der Waals surface area contributed by atoms with E-state index in [1.54, 1.807) is 18.2 Å². The zero-order chi connectivity index (χ0) is 15.0. The molecule has 0 bridgehead atoms. The molecule has 0 radical (unpaired) electrons. The third kappa shape index (κ3) is 5.73. The summed E-state index contributed by atoms with van der Waals surface area (Å²) >= 11 is 0. The molecule has 0 aliphatic heterocycles. The predicted molar refractivity (Wildman–Crippen MR) is 77.8 cm³/mol. The number of unbranched alkanes of at least 4 members (excludes halogenated alkanes) is 1. The van der Waals surface area contributed by atoms with Crippen LogP contribution in [0.5, 0.6) is 0 Å². The summed E-state index contributed by atoms with van der Waals surface area (Å²) in [7, 11) is 0. The van der Waals surface area contributed by atoms with Crippen molar-refractivity contribution in [2.75, 3.05) is 0 Å². The topological polar surface area (TPSA) is 78.4 Å². The highest BCUT2D eigenvalue weighted by Crippen LogP contribution is 2.05. The van der Waals surface area contributed by atoms with E-state index >= 15 is 0 Å². The number of benzene rings is 1. The Morgan fingerprint density at radius 3 is 2.75 bits per heavy atom. The van der Waals surface area contributed by atoms with Crippen molar-refractivity contribution in [3.63, 3.8) is 0 Å². The number of hydrogen-bond acceptors (Lipinski definition) is 2. The molecule has 0 heterocycles. The summed E-state index contributed by atoms with van der Waals surface area (Å²) < 4.78 is 0. The Morgan fingerprint density at radius 1 is 1.35 bits per heavy atom. The van der Waals surface area contributed by atoms with E-state index in [0.29, 0.717) is 6.54 Å². The Bertz CT molecular complexity index is 460. The first-order valence-electron chi connectivity index (χ1n) is 6.89. The maximum Gasteiger partial charge on any atom is 0.335 e. The van der Waals surface area contributed by atoms with Gasteiger partial charge >= 0.3 is 12.0 Å². The maximum absolute atomic E-state index is 11.7. The highest BCUT2D eigenvalue weighted by Gasteiger charge is 2.07. The minimum atomic E-state index is -0.968. The Morgan fingerprint density at radius 2 is 2.10 bits per heavy atom. The number of carboxylic acid groups (broad SMARTS) is 1. The molecule has 1 atom stereocenters. The molecule has 0 saturated carbocycles. The van der Waals surface area contributed by atoms with E-state index < -0.39 is 5.97 Å². The zero-order valence-electron chi connectivity index (χ0n) is 12.0. The van der Waals surface area contributed by atoms with Crippen LogP contribution in [0.2, 0.25) is 0 Å². The number of carbonyl (C=O) groups is 2. The summed E-state index contributed by atoms with van der Waals surface area (Å²) in [6.45, 7) is 4.40. The molecule has 1 aromatic rings. The van der Waals surface area contributed by atoms with Crippen LogP contribution < -0.4 is 10.6 Å². The van der Waals surface area contributed by atoms with Crippen LogP contribution in [0.25, 0.3) is 0 Å². The van der Waals surface area contributed by atoms with Gasteiger partial charge in [0.1, 0.15) is 0 Å². The third-order valence-electron chi connectivity index (χ3n) is 3.00. The van der Waals surface area contributed by atoms with E-state index in [-0.39, 0.29) is 17.6 Å². The third-order valence-corrected chi connectivity index (χ3v) is 3.00. The van der Waals surface area contributed by atoms with Crippen molar-refractivity contribution in [2.45, 2.75) is 45.7 Å². The maximum atomic E-state index is 11.7. The van der Waals surface area contributed by atoms with Gasteiger partial charge in [-0.3, -0.25) is 0 Å². The molecule has 1 aromatic carbocycles. The average molecular weight is 278 g/mol. The van der Waals surface area contributed by atoms with Crippen molar-refractivity contribution in [2.24, 2.45) is 0 Å². The van der Waals surface area contributed by atoms with Crippen molar-refractivity contribution >= 4 is 12.0 Å². The Hall–Kier alpha value is -2.04. The highest BCUT2D eigenvalue weighted by molar-refractivity contribution is 5.87. The van der Waals surface area contributed by atoms with Gasteiger partial charge in [0.25, 0.3) is 0 Å². The van der Waals surface area contributed by atoms with E-state index in [1.807, 2.05) is 6.92 Å². The van der Waals surface area contributed by atoms with Gasteiger partial charge in [0.05, 0.1) is 5.56 Å². The number of urea groups is 1. The molecule has 1 rings (SSSR count). The monoisotopic (exact) mass is 278 g/mol. The van der Waals surface area contributed by atoms with E-state index in [0.717, 1.165) is 24.8 Å². The lowest BCUT2D eigenvalue weighted by Crippen LogP contribution is -2.40. The molecule has 110 valence electrons. The van der Waals surface area contributed by atoms with Gasteiger partial charge in [0.2, 0.25) is 0 Å². The van der Waals surface area contributed by atoms with E-state index in [4.69, 9.17) is 5.11 Å². The first kappa shape index (κ1) is 16.0. The van der Waals surface area contributed by atoms with Gasteiger partial charge in [0, 0.05) is 12.6 Å². The van der Waals surface area contributed by atoms with Crippen molar-refractivity contribution in [1.82, 2.24) is 10.6 Å². The van der Waals surface area contributed by atoms with Gasteiger partial charge < -0.3 is 15.7 Å². The van der Waals surface area contributed by atoms with Crippen LogP contribution in [0.3, 0.4) is 0 Å². The lowest BCUT2D eigenvalue weighted by atomic mass is 10.1. The molecule has 0 aliphatic rings. The van der Waals surface area contributed by atoms with Gasteiger partial charge in [-0.15, -0.1) is 0 Å². The number of rotatable bonds is 7. The fourth-order valence-corrected chi connectivity index (χ4v) is 1.85. The molecule has 5 nitrogen and oxygen atoms in total. The van der Waals surface area contributed by atoms with Crippen LogP contribution in [0.1, 0.15) is 49.0 Å². The summed E-state index contributed by atoms with van der Waals surface area (Å²) in [6, 6.07) is 6.45. The van der Waals surface area contributed by atoms with Crippen LogP contribution in [-0.4, -0.2) is 23.1 Å². The summed E-state index contributed by atoms with van der Waals surface area (Å²) in [4.78, 5) is 22.5. The molecule has 2 amide bonds. The minimum absolute atomic E-state index is 0.139. The SMILES string of the molecule is CCCCC(C)NC(=O)NCc1cccc(C(=O)O)c1. The normalized spacial score (nSPS) is 11.7. The Kier molecular flexibility index (Phi) is 6.56. The predicted octanol–water partition coefficient (Wildman–Crippen LogP) is 2.76. The fraction of sp³-hybridized carbons (Fsp3) is 0.467. The highest BCUT2D eigenvalue weighted by atomic mass is 16.4. The average Bonchev–Trinajstić information content (AvgIpc) is 2.43. The minimum Gasteiger partial charge on any atom is -0.478 e. The molecule has 3 N–H and O–H groups in total. The molecule has 0 spiro atoms.